The predicted molar refractivity (Wildman–Crippen MR) is 171 cm³/mol. The first-order valence-electron chi connectivity index (χ1n) is 15.8. The average Bonchev–Trinajstić information content (AvgIpc) is 3.57. The Morgan fingerprint density at radius 1 is 1.00 bits per heavy atom. The summed E-state index contributed by atoms with van der Waals surface area (Å²) in [6.45, 7) is 5.68. The SMILES string of the molecule is COC(=O)C[C@H](O)[C@H](CC(C)C)NC(=O)[C@H](Cc1cnc[nH]1)NC(=O)C(CC(=O)N1CCOCC1)Cc1cccc2ccccc12. The number of imidazole rings is 1. The standard InChI is InChI=1S/C34H45N5O7/c1-22(2)15-28(30(40)19-32(42)45-3)37-34(44)29(18-26-20-35-21-36-26)38-33(43)25(17-31(41)39-11-13-46-14-12-39)16-24-9-6-8-23-7-4-5-10-27(23)24/h4-10,20-22,25,28-30,40H,11-19H2,1-3H3,(H,35,36)(H,37,44)(H,38,43)/t25?,28-,29-,30-/m0/s1. The van der Waals surface area contributed by atoms with Gasteiger partial charge in [0.1, 0.15) is 6.04 Å². The van der Waals surface area contributed by atoms with Crippen LogP contribution in [0.15, 0.2) is 55.0 Å². The van der Waals surface area contributed by atoms with Crippen LogP contribution in [-0.4, -0.2) is 95.3 Å². The zero-order valence-corrected chi connectivity index (χ0v) is 26.7. The number of ether oxygens (including phenoxy) is 2. The van der Waals surface area contributed by atoms with Crippen molar-refractivity contribution in [2.24, 2.45) is 11.8 Å². The van der Waals surface area contributed by atoms with Crippen molar-refractivity contribution in [3.05, 3.63) is 66.2 Å². The minimum Gasteiger partial charge on any atom is -0.469 e. The molecule has 4 rings (SSSR count). The Labute approximate surface area is 269 Å². The van der Waals surface area contributed by atoms with E-state index in [0.29, 0.717) is 38.4 Å². The van der Waals surface area contributed by atoms with E-state index in [4.69, 9.17) is 9.47 Å². The molecule has 3 amide bonds. The van der Waals surface area contributed by atoms with Crippen molar-refractivity contribution in [1.29, 1.82) is 0 Å². The highest BCUT2D eigenvalue weighted by atomic mass is 16.5. The van der Waals surface area contributed by atoms with Crippen molar-refractivity contribution in [3.8, 4) is 0 Å². The molecule has 2 heterocycles. The molecule has 0 saturated carbocycles. The average molecular weight is 636 g/mol. The predicted octanol–water partition coefficient (Wildman–Crippen LogP) is 2.15. The first-order valence-corrected chi connectivity index (χ1v) is 15.8. The molecule has 1 fully saturated rings. The van der Waals surface area contributed by atoms with E-state index in [0.717, 1.165) is 16.3 Å². The van der Waals surface area contributed by atoms with Gasteiger partial charge in [-0.15, -0.1) is 0 Å². The third kappa shape index (κ3) is 9.85. The number of nitrogens with zero attached hydrogens (tertiary/aromatic N) is 2. The normalized spacial score (nSPS) is 16.0. The lowest BCUT2D eigenvalue weighted by atomic mass is 9.91. The molecule has 1 aliphatic heterocycles. The van der Waals surface area contributed by atoms with Gasteiger partial charge >= 0.3 is 5.97 Å². The van der Waals surface area contributed by atoms with E-state index in [-0.39, 0.29) is 37.5 Å². The van der Waals surface area contributed by atoms with Gasteiger partial charge in [-0.2, -0.15) is 0 Å². The molecule has 1 saturated heterocycles. The third-order valence-corrected chi connectivity index (χ3v) is 8.23. The van der Waals surface area contributed by atoms with Crippen molar-refractivity contribution >= 4 is 34.5 Å². The van der Waals surface area contributed by atoms with Gasteiger partial charge in [0.2, 0.25) is 17.7 Å². The molecule has 12 heteroatoms. The fourth-order valence-electron chi connectivity index (χ4n) is 5.76. The van der Waals surface area contributed by atoms with Crippen LogP contribution in [0.4, 0.5) is 0 Å². The lowest BCUT2D eigenvalue weighted by molar-refractivity contribution is -0.144. The number of fused-ring (bicyclic) bond motifs is 1. The molecule has 1 unspecified atom stereocenters. The van der Waals surface area contributed by atoms with E-state index in [1.54, 1.807) is 11.1 Å². The Hall–Kier alpha value is -4.29. The summed E-state index contributed by atoms with van der Waals surface area (Å²) >= 11 is 0. The lowest BCUT2D eigenvalue weighted by Crippen LogP contribution is -2.55. The lowest BCUT2D eigenvalue weighted by Gasteiger charge is -2.30. The van der Waals surface area contributed by atoms with Gasteiger partial charge in [0.25, 0.3) is 0 Å². The van der Waals surface area contributed by atoms with E-state index >= 15 is 0 Å². The van der Waals surface area contributed by atoms with E-state index in [9.17, 15) is 24.3 Å². The maximum atomic E-state index is 14.1. The summed E-state index contributed by atoms with van der Waals surface area (Å²) in [5.74, 6) is -2.39. The second-order valence-corrected chi connectivity index (χ2v) is 12.2. The van der Waals surface area contributed by atoms with E-state index in [1.165, 1.54) is 13.4 Å². The maximum Gasteiger partial charge on any atom is 0.308 e. The number of rotatable bonds is 15. The van der Waals surface area contributed by atoms with Gasteiger partial charge < -0.3 is 35.1 Å². The largest absolute Gasteiger partial charge is 0.469 e. The van der Waals surface area contributed by atoms with Gasteiger partial charge in [-0.3, -0.25) is 19.2 Å². The number of carbonyl (C=O) groups excluding carboxylic acids is 4. The van der Waals surface area contributed by atoms with Gasteiger partial charge in [0.05, 0.1) is 51.1 Å². The summed E-state index contributed by atoms with van der Waals surface area (Å²) in [6.07, 6.45) is 2.31. The molecule has 0 radical (unpaired) electrons. The second-order valence-electron chi connectivity index (χ2n) is 12.2. The molecule has 0 spiro atoms. The molecule has 2 aromatic carbocycles. The number of H-pyrrole nitrogens is 1. The first-order chi connectivity index (χ1) is 22.1. The van der Waals surface area contributed by atoms with E-state index < -0.39 is 41.9 Å². The zero-order valence-electron chi connectivity index (χ0n) is 26.7. The highest BCUT2D eigenvalue weighted by Crippen LogP contribution is 2.24. The highest BCUT2D eigenvalue weighted by Gasteiger charge is 2.33. The third-order valence-electron chi connectivity index (χ3n) is 8.23. The summed E-state index contributed by atoms with van der Waals surface area (Å²) in [5.41, 5.74) is 1.54. The van der Waals surface area contributed by atoms with Crippen LogP contribution in [0.5, 0.6) is 0 Å². The molecule has 12 nitrogen and oxygen atoms in total. The molecule has 248 valence electrons. The first kappa shape index (κ1) is 34.6. The van der Waals surface area contributed by atoms with Gasteiger partial charge in [-0.25, -0.2) is 4.98 Å². The van der Waals surface area contributed by atoms with Crippen LogP contribution in [0.3, 0.4) is 0 Å². The number of nitrogens with one attached hydrogen (secondary N) is 3. The number of morpholine rings is 1. The number of benzene rings is 2. The molecule has 4 atom stereocenters. The molecule has 0 bridgehead atoms. The molecule has 0 aliphatic carbocycles. The highest BCUT2D eigenvalue weighted by molar-refractivity contribution is 5.92. The topological polar surface area (TPSA) is 163 Å². The summed E-state index contributed by atoms with van der Waals surface area (Å²) < 4.78 is 10.1. The summed E-state index contributed by atoms with van der Waals surface area (Å²) in [4.78, 5) is 61.9. The Balaban J connectivity index is 1.59. The monoisotopic (exact) mass is 635 g/mol. The molecule has 1 aromatic heterocycles. The fourth-order valence-corrected chi connectivity index (χ4v) is 5.76. The van der Waals surface area contributed by atoms with Gasteiger partial charge in [-0.05, 0) is 35.1 Å². The minimum absolute atomic E-state index is 0.0404. The zero-order chi connectivity index (χ0) is 33.1. The Kier molecular flexibility index (Phi) is 12.7. The van der Waals surface area contributed by atoms with E-state index in [2.05, 4.69) is 20.6 Å². The van der Waals surface area contributed by atoms with Crippen LogP contribution in [0.2, 0.25) is 0 Å². The van der Waals surface area contributed by atoms with Crippen LogP contribution in [0.25, 0.3) is 10.8 Å². The summed E-state index contributed by atoms with van der Waals surface area (Å²) in [5, 5.41) is 18.6. The van der Waals surface area contributed by atoms with Gasteiger partial charge in [0, 0.05) is 37.8 Å². The Bertz CT molecular complexity index is 1450. The van der Waals surface area contributed by atoms with Crippen LogP contribution in [-0.2, 0) is 41.5 Å². The van der Waals surface area contributed by atoms with E-state index in [1.807, 2.05) is 56.3 Å². The van der Waals surface area contributed by atoms with Crippen molar-refractivity contribution < 1.29 is 33.8 Å². The molecular formula is C34H45N5O7. The molecule has 3 aromatic rings. The van der Waals surface area contributed by atoms with Crippen LogP contribution in [0, 0.1) is 11.8 Å². The van der Waals surface area contributed by atoms with Gasteiger partial charge in [-0.1, -0.05) is 56.3 Å². The van der Waals surface area contributed by atoms with Crippen LogP contribution in [0.1, 0.15) is 44.4 Å². The van der Waals surface area contributed by atoms with Crippen molar-refractivity contribution in [2.75, 3.05) is 33.4 Å². The number of aromatic nitrogens is 2. The Morgan fingerprint density at radius 2 is 1.74 bits per heavy atom. The van der Waals surface area contributed by atoms with Crippen molar-refractivity contribution in [1.82, 2.24) is 25.5 Å². The summed E-state index contributed by atoms with van der Waals surface area (Å²) in [7, 11) is 1.24. The molecular weight excluding hydrogens is 590 g/mol. The number of aliphatic hydroxyl groups excluding tert-OH is 1. The number of carbonyl (C=O) groups is 4. The number of hydrogen-bond donors (Lipinski definition) is 4. The number of aromatic amines is 1. The van der Waals surface area contributed by atoms with Crippen molar-refractivity contribution in [3.63, 3.8) is 0 Å². The minimum atomic E-state index is -1.19. The quantitative estimate of drug-likeness (QED) is 0.185. The number of hydrogen-bond acceptors (Lipinski definition) is 8. The maximum absolute atomic E-state index is 14.1. The second kappa shape index (κ2) is 16.9. The molecule has 4 N–H and O–H groups in total. The van der Waals surface area contributed by atoms with Gasteiger partial charge in [0.15, 0.2) is 0 Å². The summed E-state index contributed by atoms with van der Waals surface area (Å²) in [6, 6.07) is 11.9. The smallest absolute Gasteiger partial charge is 0.308 e. The van der Waals surface area contributed by atoms with Crippen molar-refractivity contribution in [2.45, 2.75) is 64.1 Å². The number of amides is 3. The number of aliphatic hydroxyl groups is 1. The number of esters is 1. The molecule has 46 heavy (non-hydrogen) atoms. The van der Waals surface area contributed by atoms with Crippen LogP contribution >= 0.6 is 0 Å². The molecule has 1 aliphatic rings. The Morgan fingerprint density at radius 3 is 2.43 bits per heavy atom. The number of methoxy groups -OCH3 is 1. The van der Waals surface area contributed by atoms with Crippen LogP contribution < -0.4 is 10.6 Å². The fraction of sp³-hybridized carbons (Fsp3) is 0.500.